The Balaban J connectivity index is 1.50. The molecular weight excluding hydrogens is 550 g/mol. The Hall–Kier alpha value is -3.79. The third-order valence-corrected chi connectivity index (χ3v) is 9.33. The van der Waals surface area contributed by atoms with Crippen molar-refractivity contribution in [1.82, 2.24) is 14.1 Å². The number of rotatable bonds is 12. The molecule has 0 unspecified atom stereocenters. The number of ether oxygens (including phenoxy) is 1. The lowest BCUT2D eigenvalue weighted by Gasteiger charge is -2.39. The summed E-state index contributed by atoms with van der Waals surface area (Å²) in [6.45, 7) is 3.30. The molecule has 2 amide bonds. The highest BCUT2D eigenvalue weighted by molar-refractivity contribution is 7.89. The van der Waals surface area contributed by atoms with E-state index in [9.17, 15) is 18.0 Å². The average molecular weight is 590 g/mol. The Kier molecular flexibility index (Phi) is 11.1. The molecule has 8 nitrogen and oxygen atoms in total. The number of nitrogens with zero attached hydrogens (tertiary/aromatic N) is 3. The lowest BCUT2D eigenvalue weighted by Crippen LogP contribution is -2.51. The molecule has 4 rings (SSSR count). The molecule has 0 aliphatic carbocycles. The van der Waals surface area contributed by atoms with Crippen LogP contribution in [0.1, 0.15) is 29.5 Å². The summed E-state index contributed by atoms with van der Waals surface area (Å²) in [6, 6.07) is 25.7. The number of carbonyl (C=O) groups excluding carboxylic acids is 2. The van der Waals surface area contributed by atoms with E-state index in [1.165, 1.54) is 23.5 Å². The van der Waals surface area contributed by atoms with Crippen LogP contribution < -0.4 is 0 Å². The summed E-state index contributed by atoms with van der Waals surface area (Å²) in [4.78, 5) is 30.5. The minimum atomic E-state index is -3.92. The largest absolute Gasteiger partial charge is 0.383 e. The second kappa shape index (κ2) is 14.9. The molecule has 1 saturated heterocycles. The zero-order chi connectivity index (χ0) is 30.0. The van der Waals surface area contributed by atoms with Gasteiger partial charge in [-0.2, -0.15) is 4.31 Å². The Labute approximate surface area is 249 Å². The number of piperidine rings is 1. The van der Waals surface area contributed by atoms with E-state index in [1.807, 2.05) is 67.6 Å². The van der Waals surface area contributed by atoms with Gasteiger partial charge in [-0.3, -0.25) is 9.59 Å². The van der Waals surface area contributed by atoms with Gasteiger partial charge in [-0.05, 0) is 49.1 Å². The summed E-state index contributed by atoms with van der Waals surface area (Å²) in [5.41, 5.74) is 3.04. The maximum atomic E-state index is 13.9. The summed E-state index contributed by atoms with van der Waals surface area (Å²) >= 11 is 0. The lowest BCUT2D eigenvalue weighted by atomic mass is 10.0. The van der Waals surface area contributed by atoms with Crippen LogP contribution in [0.3, 0.4) is 0 Å². The van der Waals surface area contributed by atoms with Crippen molar-refractivity contribution in [1.29, 1.82) is 0 Å². The van der Waals surface area contributed by atoms with Crippen LogP contribution >= 0.6 is 0 Å². The highest BCUT2D eigenvalue weighted by Crippen LogP contribution is 2.22. The fourth-order valence-electron chi connectivity index (χ4n) is 5.01. The van der Waals surface area contributed by atoms with Crippen LogP contribution in [-0.2, 0) is 30.9 Å². The second-order valence-electron chi connectivity index (χ2n) is 10.5. The first-order valence-corrected chi connectivity index (χ1v) is 15.6. The predicted molar refractivity (Wildman–Crippen MR) is 164 cm³/mol. The van der Waals surface area contributed by atoms with Crippen molar-refractivity contribution in [3.63, 3.8) is 0 Å². The molecule has 0 bridgehead atoms. The molecule has 3 aromatic carbocycles. The molecule has 0 radical (unpaired) electrons. The molecule has 3 aromatic rings. The van der Waals surface area contributed by atoms with Crippen LogP contribution in [-0.4, -0.2) is 80.3 Å². The van der Waals surface area contributed by atoms with E-state index in [1.54, 1.807) is 34.1 Å². The Morgan fingerprint density at radius 3 is 2.17 bits per heavy atom. The molecule has 1 aliphatic rings. The predicted octanol–water partition coefficient (Wildman–Crippen LogP) is 4.37. The molecule has 1 heterocycles. The quantitative estimate of drug-likeness (QED) is 0.293. The molecule has 9 heteroatoms. The smallest absolute Gasteiger partial charge is 0.246 e. The van der Waals surface area contributed by atoms with Gasteiger partial charge in [0, 0.05) is 45.4 Å². The number of aryl methyl sites for hydroxylation is 1. The van der Waals surface area contributed by atoms with E-state index in [2.05, 4.69) is 0 Å². The van der Waals surface area contributed by atoms with Crippen molar-refractivity contribution in [3.8, 4) is 0 Å². The van der Waals surface area contributed by atoms with E-state index in [4.69, 9.17) is 4.74 Å². The minimum absolute atomic E-state index is 0.0541. The van der Waals surface area contributed by atoms with Crippen LogP contribution in [0.25, 0.3) is 6.08 Å². The van der Waals surface area contributed by atoms with Crippen LogP contribution in [0.2, 0.25) is 0 Å². The lowest BCUT2D eigenvalue weighted by molar-refractivity contribution is -0.136. The molecule has 0 atom stereocenters. The Morgan fingerprint density at radius 2 is 1.55 bits per heavy atom. The van der Waals surface area contributed by atoms with Crippen LogP contribution in [0.15, 0.2) is 95.9 Å². The van der Waals surface area contributed by atoms with Crippen molar-refractivity contribution < 1.29 is 22.7 Å². The zero-order valence-electron chi connectivity index (χ0n) is 24.3. The maximum absolute atomic E-state index is 13.9. The van der Waals surface area contributed by atoms with E-state index in [-0.39, 0.29) is 42.4 Å². The number of likely N-dealkylation sites (tertiary alicyclic amines) is 1. The van der Waals surface area contributed by atoms with Gasteiger partial charge in [0.05, 0.1) is 18.0 Å². The van der Waals surface area contributed by atoms with Gasteiger partial charge in [-0.1, -0.05) is 78.4 Å². The van der Waals surface area contributed by atoms with Crippen LogP contribution in [0, 0.1) is 6.92 Å². The van der Waals surface area contributed by atoms with Gasteiger partial charge in [0.15, 0.2) is 0 Å². The molecule has 1 fully saturated rings. The molecule has 42 heavy (non-hydrogen) atoms. The number of carbonyl (C=O) groups is 2. The Morgan fingerprint density at radius 1 is 0.929 bits per heavy atom. The minimum Gasteiger partial charge on any atom is -0.383 e. The summed E-state index contributed by atoms with van der Waals surface area (Å²) in [5.74, 6) is -0.339. The van der Waals surface area contributed by atoms with E-state index < -0.39 is 10.0 Å². The van der Waals surface area contributed by atoms with E-state index in [0.29, 0.717) is 32.5 Å². The molecule has 0 saturated carbocycles. The topological polar surface area (TPSA) is 87.2 Å². The molecule has 222 valence electrons. The number of sulfonamides is 1. The first kappa shape index (κ1) is 31.2. The summed E-state index contributed by atoms with van der Waals surface area (Å²) < 4.78 is 33.4. The van der Waals surface area contributed by atoms with Crippen LogP contribution in [0.4, 0.5) is 0 Å². The van der Waals surface area contributed by atoms with Gasteiger partial charge in [-0.25, -0.2) is 8.42 Å². The third-order valence-electron chi connectivity index (χ3n) is 7.47. The van der Waals surface area contributed by atoms with Crippen molar-refractivity contribution >= 4 is 27.9 Å². The third kappa shape index (κ3) is 8.38. The van der Waals surface area contributed by atoms with Gasteiger partial charge in [0.25, 0.3) is 0 Å². The van der Waals surface area contributed by atoms with Crippen molar-refractivity contribution in [3.05, 3.63) is 108 Å². The standard InChI is InChI=1S/C33H39N3O5S/c1-27-13-15-29(16-14-27)25-36(30-19-21-34(22-20-30)32(37)18-17-28-9-5-3-6-10-28)33(38)26-35(23-24-41-2)42(39,40)31-11-7-4-8-12-31/h3-18,30H,19-26H2,1-2H3. The number of benzene rings is 3. The SMILES string of the molecule is COCCN(CC(=O)N(Cc1ccc(C)cc1)C1CCN(C(=O)C=Cc2ccccc2)CC1)S(=O)(=O)c1ccccc1. The van der Waals surface area contributed by atoms with Crippen LogP contribution in [0.5, 0.6) is 0 Å². The first-order chi connectivity index (χ1) is 20.3. The molecule has 0 spiro atoms. The molecular formula is C33H39N3O5S. The highest BCUT2D eigenvalue weighted by Gasteiger charge is 2.33. The van der Waals surface area contributed by atoms with E-state index in [0.717, 1.165) is 16.7 Å². The normalized spacial score (nSPS) is 14.4. The van der Waals surface area contributed by atoms with Crippen molar-refractivity contribution in [2.75, 3.05) is 39.9 Å². The van der Waals surface area contributed by atoms with Gasteiger partial charge in [0.1, 0.15) is 0 Å². The first-order valence-electron chi connectivity index (χ1n) is 14.2. The monoisotopic (exact) mass is 589 g/mol. The van der Waals surface area contributed by atoms with Gasteiger partial charge in [0.2, 0.25) is 21.8 Å². The van der Waals surface area contributed by atoms with Gasteiger partial charge in [-0.15, -0.1) is 0 Å². The number of hydrogen-bond acceptors (Lipinski definition) is 5. The highest BCUT2D eigenvalue weighted by atomic mass is 32.2. The average Bonchev–Trinajstić information content (AvgIpc) is 3.02. The van der Waals surface area contributed by atoms with Crippen molar-refractivity contribution in [2.45, 2.75) is 37.2 Å². The molecule has 1 aliphatic heterocycles. The molecule has 0 N–H and O–H groups in total. The second-order valence-corrected chi connectivity index (χ2v) is 12.4. The fourth-order valence-corrected chi connectivity index (χ4v) is 6.40. The van der Waals surface area contributed by atoms with Gasteiger partial charge < -0.3 is 14.5 Å². The van der Waals surface area contributed by atoms with Crippen molar-refractivity contribution in [2.24, 2.45) is 0 Å². The summed E-state index contributed by atoms with van der Waals surface area (Å²) in [6.07, 6.45) is 4.61. The summed E-state index contributed by atoms with van der Waals surface area (Å²) in [7, 11) is -2.41. The molecule has 0 aromatic heterocycles. The maximum Gasteiger partial charge on any atom is 0.246 e. The zero-order valence-corrected chi connectivity index (χ0v) is 25.1. The summed E-state index contributed by atoms with van der Waals surface area (Å²) in [5, 5.41) is 0. The number of amides is 2. The van der Waals surface area contributed by atoms with Gasteiger partial charge >= 0.3 is 0 Å². The number of hydrogen-bond donors (Lipinski definition) is 0. The Bertz CT molecular complexity index is 1440. The van der Waals surface area contributed by atoms with E-state index >= 15 is 0 Å². The fraction of sp³-hybridized carbons (Fsp3) is 0.333. The number of methoxy groups -OCH3 is 1.